The van der Waals surface area contributed by atoms with Gasteiger partial charge in [-0.3, -0.25) is 4.79 Å². The summed E-state index contributed by atoms with van der Waals surface area (Å²) in [6, 6.07) is 6.51. The molecule has 1 unspecified atom stereocenters. The van der Waals surface area contributed by atoms with Crippen molar-refractivity contribution in [3.63, 3.8) is 0 Å². The Morgan fingerprint density at radius 3 is 2.35 bits per heavy atom. The third kappa shape index (κ3) is 7.06. The summed E-state index contributed by atoms with van der Waals surface area (Å²) >= 11 is 0. The number of carbonyl (C=O) groups is 2. The summed E-state index contributed by atoms with van der Waals surface area (Å²) < 4.78 is 10.6. The summed E-state index contributed by atoms with van der Waals surface area (Å²) in [7, 11) is 0. The van der Waals surface area contributed by atoms with Gasteiger partial charge in [-0.05, 0) is 30.7 Å². The Hall–Kier alpha value is -2.04. The molecule has 0 spiro atoms. The largest absolute Gasteiger partial charge is 0.494 e. The van der Waals surface area contributed by atoms with Crippen molar-refractivity contribution in [2.45, 2.75) is 70.8 Å². The van der Waals surface area contributed by atoms with Crippen molar-refractivity contribution in [2.24, 2.45) is 0 Å². The number of hydrogen-bond donors (Lipinski definition) is 1. The SMILES string of the molecule is CCCCCCCCCCOc1ccc(C(=O)NC2CCOC2=O)cc1. The minimum Gasteiger partial charge on any atom is -0.494 e. The molecule has 1 aromatic carbocycles. The van der Waals surface area contributed by atoms with Crippen molar-refractivity contribution in [3.8, 4) is 5.75 Å². The van der Waals surface area contributed by atoms with Crippen molar-refractivity contribution >= 4 is 11.9 Å². The van der Waals surface area contributed by atoms with Gasteiger partial charge in [0.15, 0.2) is 0 Å². The highest BCUT2D eigenvalue weighted by molar-refractivity contribution is 5.97. The molecule has 0 aliphatic carbocycles. The van der Waals surface area contributed by atoms with Crippen molar-refractivity contribution in [1.82, 2.24) is 5.32 Å². The fourth-order valence-electron chi connectivity index (χ4n) is 3.00. The number of ether oxygens (including phenoxy) is 2. The van der Waals surface area contributed by atoms with Crippen LogP contribution in [0.2, 0.25) is 0 Å². The van der Waals surface area contributed by atoms with Crippen molar-refractivity contribution in [3.05, 3.63) is 29.8 Å². The molecule has 0 saturated carbocycles. The van der Waals surface area contributed by atoms with Gasteiger partial charge in [0.1, 0.15) is 11.8 Å². The Kier molecular flexibility index (Phi) is 9.01. The van der Waals surface area contributed by atoms with Gasteiger partial charge in [0.2, 0.25) is 0 Å². The molecule has 1 saturated heterocycles. The average molecular weight is 361 g/mol. The molecule has 5 heteroatoms. The van der Waals surface area contributed by atoms with Crippen LogP contribution < -0.4 is 10.1 Å². The lowest BCUT2D eigenvalue weighted by Gasteiger charge is -2.10. The maximum atomic E-state index is 12.1. The predicted molar refractivity (Wildman–Crippen MR) is 101 cm³/mol. The first-order valence-corrected chi connectivity index (χ1v) is 9.91. The Balaban J connectivity index is 1.60. The summed E-state index contributed by atoms with van der Waals surface area (Å²) in [5.74, 6) is 0.150. The van der Waals surface area contributed by atoms with Crippen LogP contribution in [0.25, 0.3) is 0 Å². The summed E-state index contributed by atoms with van der Waals surface area (Å²) in [5, 5.41) is 2.69. The van der Waals surface area contributed by atoms with Crippen molar-refractivity contribution < 1.29 is 19.1 Å². The Morgan fingerprint density at radius 2 is 1.73 bits per heavy atom. The van der Waals surface area contributed by atoms with Gasteiger partial charge in [0.05, 0.1) is 13.2 Å². The van der Waals surface area contributed by atoms with Gasteiger partial charge in [-0.15, -0.1) is 0 Å². The van der Waals surface area contributed by atoms with Gasteiger partial charge in [0, 0.05) is 12.0 Å². The standard InChI is InChI=1S/C21H31NO4/c1-2-3-4-5-6-7-8-9-15-25-18-12-10-17(11-13-18)20(23)22-19-14-16-26-21(19)24/h10-13,19H,2-9,14-16H2,1H3,(H,22,23). The van der Waals surface area contributed by atoms with Crippen LogP contribution in [0, 0.1) is 0 Å². The molecule has 1 aliphatic rings. The molecule has 1 aliphatic heterocycles. The highest BCUT2D eigenvalue weighted by Crippen LogP contribution is 2.15. The number of cyclic esters (lactones) is 1. The molecule has 1 amide bonds. The zero-order chi connectivity index (χ0) is 18.6. The number of esters is 1. The van der Waals surface area contributed by atoms with Crippen LogP contribution in [-0.4, -0.2) is 31.1 Å². The third-order valence-corrected chi connectivity index (χ3v) is 4.62. The molecule has 1 aromatic rings. The fourth-order valence-corrected chi connectivity index (χ4v) is 3.00. The molecule has 26 heavy (non-hydrogen) atoms. The maximum absolute atomic E-state index is 12.1. The van der Waals surface area contributed by atoms with E-state index in [2.05, 4.69) is 12.2 Å². The van der Waals surface area contributed by atoms with E-state index in [9.17, 15) is 9.59 Å². The van der Waals surface area contributed by atoms with Crippen LogP contribution in [0.15, 0.2) is 24.3 Å². The number of hydrogen-bond acceptors (Lipinski definition) is 4. The second kappa shape index (κ2) is 11.6. The van der Waals surface area contributed by atoms with E-state index in [1.54, 1.807) is 24.3 Å². The molecule has 1 heterocycles. The molecule has 1 fully saturated rings. The first-order chi connectivity index (χ1) is 12.7. The quantitative estimate of drug-likeness (QED) is 0.446. The van der Waals surface area contributed by atoms with E-state index in [4.69, 9.17) is 9.47 Å². The molecule has 0 aromatic heterocycles. The number of benzene rings is 1. The van der Waals surface area contributed by atoms with E-state index in [0.29, 0.717) is 25.2 Å². The average Bonchev–Trinajstić information content (AvgIpc) is 3.05. The van der Waals surface area contributed by atoms with E-state index in [0.717, 1.165) is 12.2 Å². The summed E-state index contributed by atoms with van der Waals surface area (Å²) in [6.45, 7) is 3.31. The minimum absolute atomic E-state index is 0.261. The van der Waals surface area contributed by atoms with Gasteiger partial charge in [0.25, 0.3) is 5.91 Å². The monoisotopic (exact) mass is 361 g/mol. The Morgan fingerprint density at radius 1 is 1.08 bits per heavy atom. The highest BCUT2D eigenvalue weighted by atomic mass is 16.5. The lowest BCUT2D eigenvalue weighted by Crippen LogP contribution is -2.37. The molecule has 0 bridgehead atoms. The number of rotatable bonds is 12. The van der Waals surface area contributed by atoms with E-state index in [1.165, 1.54) is 44.9 Å². The summed E-state index contributed by atoms with van der Waals surface area (Å²) in [6.07, 6.45) is 10.7. The van der Waals surface area contributed by atoms with E-state index in [-0.39, 0.29) is 11.9 Å². The minimum atomic E-state index is -0.527. The second-order valence-corrected chi connectivity index (χ2v) is 6.83. The first-order valence-electron chi connectivity index (χ1n) is 9.91. The Bertz CT molecular complexity index is 556. The summed E-state index contributed by atoms with van der Waals surface area (Å²) in [4.78, 5) is 23.5. The third-order valence-electron chi connectivity index (χ3n) is 4.62. The van der Waals surface area contributed by atoms with Crippen LogP contribution in [0.3, 0.4) is 0 Å². The molecular formula is C21H31NO4. The topological polar surface area (TPSA) is 64.6 Å². The molecule has 1 atom stereocenters. The molecule has 5 nitrogen and oxygen atoms in total. The number of amides is 1. The van der Waals surface area contributed by atoms with Crippen LogP contribution in [0.5, 0.6) is 5.75 Å². The molecule has 144 valence electrons. The second-order valence-electron chi connectivity index (χ2n) is 6.83. The first kappa shape index (κ1) is 20.3. The van der Waals surface area contributed by atoms with Crippen LogP contribution in [-0.2, 0) is 9.53 Å². The number of unbranched alkanes of at least 4 members (excludes halogenated alkanes) is 7. The maximum Gasteiger partial charge on any atom is 0.328 e. The van der Waals surface area contributed by atoms with E-state index in [1.807, 2.05) is 0 Å². The zero-order valence-corrected chi connectivity index (χ0v) is 15.8. The van der Waals surface area contributed by atoms with Gasteiger partial charge in [-0.1, -0.05) is 51.9 Å². The zero-order valence-electron chi connectivity index (χ0n) is 15.8. The van der Waals surface area contributed by atoms with Crippen LogP contribution >= 0.6 is 0 Å². The lowest BCUT2D eigenvalue weighted by atomic mass is 10.1. The number of nitrogens with one attached hydrogen (secondary N) is 1. The molecule has 0 radical (unpaired) electrons. The smallest absolute Gasteiger partial charge is 0.328 e. The van der Waals surface area contributed by atoms with E-state index < -0.39 is 6.04 Å². The summed E-state index contributed by atoms with van der Waals surface area (Å²) in [5.41, 5.74) is 0.518. The Labute approximate surface area is 156 Å². The normalized spacial score (nSPS) is 16.3. The van der Waals surface area contributed by atoms with Gasteiger partial charge in [-0.25, -0.2) is 4.79 Å². The predicted octanol–water partition coefficient (Wildman–Crippen LogP) is 4.25. The highest BCUT2D eigenvalue weighted by Gasteiger charge is 2.28. The van der Waals surface area contributed by atoms with E-state index >= 15 is 0 Å². The fraction of sp³-hybridized carbons (Fsp3) is 0.619. The van der Waals surface area contributed by atoms with Crippen molar-refractivity contribution in [2.75, 3.05) is 13.2 Å². The lowest BCUT2D eigenvalue weighted by molar-refractivity contribution is -0.139. The van der Waals surface area contributed by atoms with Gasteiger partial charge >= 0.3 is 5.97 Å². The molecular weight excluding hydrogens is 330 g/mol. The van der Waals surface area contributed by atoms with Gasteiger partial charge in [-0.2, -0.15) is 0 Å². The number of carbonyl (C=O) groups excluding carboxylic acids is 2. The molecule has 2 rings (SSSR count). The van der Waals surface area contributed by atoms with Crippen LogP contribution in [0.1, 0.15) is 75.1 Å². The van der Waals surface area contributed by atoms with Gasteiger partial charge < -0.3 is 14.8 Å². The van der Waals surface area contributed by atoms with Crippen molar-refractivity contribution in [1.29, 1.82) is 0 Å². The van der Waals surface area contributed by atoms with Crippen LogP contribution in [0.4, 0.5) is 0 Å². The molecule has 1 N–H and O–H groups in total.